The third-order valence-corrected chi connectivity index (χ3v) is 2.72. The fourth-order valence-corrected chi connectivity index (χ4v) is 1.75. The minimum Gasteiger partial charge on any atom is -0.350 e. The van der Waals surface area contributed by atoms with E-state index in [0.29, 0.717) is 6.54 Å². The van der Waals surface area contributed by atoms with E-state index in [2.05, 4.69) is 22.7 Å². The summed E-state index contributed by atoms with van der Waals surface area (Å²) in [6.07, 6.45) is 2.85. The molecule has 1 amide bonds. The number of carbonyl (C=O) groups is 1. The van der Waals surface area contributed by atoms with Gasteiger partial charge >= 0.3 is 0 Å². The van der Waals surface area contributed by atoms with E-state index in [1.165, 1.54) is 0 Å². The number of nitrogens with one attached hydrogen (secondary N) is 2. The van der Waals surface area contributed by atoms with Crippen LogP contribution in [0, 0.1) is 0 Å². The highest BCUT2D eigenvalue weighted by atomic mass is 16.2. The van der Waals surface area contributed by atoms with E-state index in [0.717, 1.165) is 18.7 Å². The van der Waals surface area contributed by atoms with Crippen LogP contribution in [0.5, 0.6) is 0 Å². The molecule has 0 aromatic carbocycles. The Morgan fingerprint density at radius 1 is 1.47 bits per heavy atom. The van der Waals surface area contributed by atoms with Gasteiger partial charge < -0.3 is 10.6 Å². The second-order valence-corrected chi connectivity index (χ2v) is 5.89. The molecule has 0 saturated carbocycles. The van der Waals surface area contributed by atoms with Crippen LogP contribution < -0.4 is 10.6 Å². The number of aromatic nitrogens is 2. The molecule has 0 spiro atoms. The predicted molar refractivity (Wildman–Crippen MR) is 76.7 cm³/mol. The molecule has 108 valence electrons. The van der Waals surface area contributed by atoms with Crippen LogP contribution in [0.1, 0.15) is 46.7 Å². The average Bonchev–Trinajstić information content (AvgIpc) is 2.71. The lowest BCUT2D eigenvalue weighted by Gasteiger charge is -2.23. The van der Waals surface area contributed by atoms with E-state index >= 15 is 0 Å². The summed E-state index contributed by atoms with van der Waals surface area (Å²) in [6.45, 7) is 11.5. The molecule has 1 unspecified atom stereocenters. The Morgan fingerprint density at radius 2 is 2.16 bits per heavy atom. The first kappa shape index (κ1) is 15.7. The zero-order chi connectivity index (χ0) is 14.5. The summed E-state index contributed by atoms with van der Waals surface area (Å²) in [5.41, 5.74) is 0.911. The highest BCUT2D eigenvalue weighted by molar-refractivity contribution is 5.81. The average molecular weight is 266 g/mol. The fourth-order valence-electron chi connectivity index (χ4n) is 1.75. The zero-order valence-electron chi connectivity index (χ0n) is 12.7. The molecule has 2 N–H and O–H groups in total. The molecule has 0 fully saturated rings. The Hall–Kier alpha value is -1.36. The van der Waals surface area contributed by atoms with Gasteiger partial charge in [-0.3, -0.25) is 9.48 Å². The highest BCUT2D eigenvalue weighted by Crippen LogP contribution is 2.02. The summed E-state index contributed by atoms with van der Waals surface area (Å²) >= 11 is 0. The highest BCUT2D eigenvalue weighted by Gasteiger charge is 2.18. The van der Waals surface area contributed by atoms with E-state index in [-0.39, 0.29) is 17.5 Å². The van der Waals surface area contributed by atoms with Crippen molar-refractivity contribution < 1.29 is 4.79 Å². The molecule has 0 aliphatic carbocycles. The molecule has 1 atom stereocenters. The number of aryl methyl sites for hydroxylation is 1. The number of hydrogen-bond donors (Lipinski definition) is 2. The van der Waals surface area contributed by atoms with Gasteiger partial charge in [-0.1, -0.05) is 6.92 Å². The van der Waals surface area contributed by atoms with Crippen molar-refractivity contribution in [1.29, 1.82) is 0 Å². The number of carbonyl (C=O) groups excluding carboxylic acids is 1. The van der Waals surface area contributed by atoms with Crippen molar-refractivity contribution in [2.75, 3.05) is 0 Å². The Morgan fingerprint density at radius 3 is 2.74 bits per heavy atom. The first-order valence-electron chi connectivity index (χ1n) is 6.89. The van der Waals surface area contributed by atoms with E-state index in [1.54, 1.807) is 6.20 Å². The van der Waals surface area contributed by atoms with Crippen molar-refractivity contribution in [3.05, 3.63) is 18.0 Å². The molecule has 0 aliphatic rings. The fraction of sp³-hybridized carbons (Fsp3) is 0.714. The lowest BCUT2D eigenvalue weighted by molar-refractivity contribution is -0.124. The molecule has 1 aromatic rings. The standard InChI is InChI=1S/C14H26N4O/c1-6-9-18-12(7-8-16-18)10-15-11(2)13(19)17-14(3,4)5/h7-8,11,15H,6,9-10H2,1-5H3,(H,17,19). The molecule has 0 bridgehead atoms. The molecule has 0 radical (unpaired) electrons. The van der Waals surface area contributed by atoms with E-state index < -0.39 is 0 Å². The molecular weight excluding hydrogens is 240 g/mol. The van der Waals surface area contributed by atoms with Gasteiger partial charge in [0, 0.05) is 24.8 Å². The van der Waals surface area contributed by atoms with Crippen LogP contribution in [-0.2, 0) is 17.9 Å². The van der Waals surface area contributed by atoms with Gasteiger partial charge in [-0.15, -0.1) is 0 Å². The molecular formula is C14H26N4O. The van der Waals surface area contributed by atoms with E-state index in [1.807, 2.05) is 38.4 Å². The first-order valence-corrected chi connectivity index (χ1v) is 6.89. The Kier molecular flexibility index (Phi) is 5.54. The zero-order valence-corrected chi connectivity index (χ0v) is 12.7. The number of amides is 1. The molecule has 5 heteroatoms. The van der Waals surface area contributed by atoms with Gasteiger partial charge in [-0.05, 0) is 40.2 Å². The molecule has 19 heavy (non-hydrogen) atoms. The number of hydrogen-bond acceptors (Lipinski definition) is 3. The Bertz CT molecular complexity index is 406. The van der Waals surface area contributed by atoms with Crippen LogP contribution in [0.15, 0.2) is 12.3 Å². The molecule has 0 saturated heterocycles. The quantitative estimate of drug-likeness (QED) is 0.823. The van der Waals surface area contributed by atoms with Crippen LogP contribution in [-0.4, -0.2) is 27.3 Å². The van der Waals surface area contributed by atoms with Gasteiger partial charge in [-0.2, -0.15) is 5.10 Å². The summed E-state index contributed by atoms with van der Waals surface area (Å²) in [5.74, 6) is 0.0223. The van der Waals surface area contributed by atoms with Crippen LogP contribution in [0.4, 0.5) is 0 Å². The number of rotatable bonds is 6. The van der Waals surface area contributed by atoms with Crippen LogP contribution in [0.25, 0.3) is 0 Å². The lowest BCUT2D eigenvalue weighted by atomic mass is 10.1. The lowest BCUT2D eigenvalue weighted by Crippen LogP contribution is -2.49. The largest absolute Gasteiger partial charge is 0.350 e. The second kappa shape index (κ2) is 6.70. The second-order valence-electron chi connectivity index (χ2n) is 5.89. The topological polar surface area (TPSA) is 59.0 Å². The van der Waals surface area contributed by atoms with Crippen LogP contribution >= 0.6 is 0 Å². The minimum atomic E-state index is -0.218. The third-order valence-electron chi connectivity index (χ3n) is 2.72. The molecule has 1 heterocycles. The SMILES string of the molecule is CCCn1nccc1CNC(C)C(=O)NC(C)(C)C. The molecule has 0 aliphatic heterocycles. The van der Waals surface area contributed by atoms with Crippen molar-refractivity contribution in [3.63, 3.8) is 0 Å². The van der Waals surface area contributed by atoms with Gasteiger partial charge in [0.15, 0.2) is 0 Å². The maximum Gasteiger partial charge on any atom is 0.237 e. The van der Waals surface area contributed by atoms with Crippen molar-refractivity contribution in [1.82, 2.24) is 20.4 Å². The smallest absolute Gasteiger partial charge is 0.237 e. The monoisotopic (exact) mass is 266 g/mol. The Labute approximate surface area is 115 Å². The summed E-state index contributed by atoms with van der Waals surface area (Å²) < 4.78 is 1.97. The summed E-state index contributed by atoms with van der Waals surface area (Å²) in [5, 5.41) is 10.5. The van der Waals surface area contributed by atoms with E-state index in [4.69, 9.17) is 0 Å². The maximum absolute atomic E-state index is 11.9. The minimum absolute atomic E-state index is 0.0223. The predicted octanol–water partition coefficient (Wildman–Crippen LogP) is 1.69. The van der Waals surface area contributed by atoms with Crippen LogP contribution in [0.3, 0.4) is 0 Å². The van der Waals surface area contributed by atoms with Crippen molar-refractivity contribution in [3.8, 4) is 0 Å². The first-order chi connectivity index (χ1) is 8.83. The van der Waals surface area contributed by atoms with Gasteiger partial charge in [0.1, 0.15) is 0 Å². The van der Waals surface area contributed by atoms with E-state index in [9.17, 15) is 4.79 Å². The van der Waals surface area contributed by atoms with Crippen LogP contribution in [0.2, 0.25) is 0 Å². The maximum atomic E-state index is 11.9. The van der Waals surface area contributed by atoms with Gasteiger partial charge in [0.25, 0.3) is 0 Å². The summed E-state index contributed by atoms with van der Waals surface area (Å²) in [4.78, 5) is 11.9. The van der Waals surface area contributed by atoms with Gasteiger partial charge in [-0.25, -0.2) is 0 Å². The third kappa shape index (κ3) is 5.42. The van der Waals surface area contributed by atoms with Crippen molar-refractivity contribution in [2.24, 2.45) is 0 Å². The Balaban J connectivity index is 2.47. The molecule has 1 rings (SSSR count). The summed E-state index contributed by atoms with van der Waals surface area (Å²) in [6, 6.07) is 1.76. The van der Waals surface area contributed by atoms with Gasteiger partial charge in [0.05, 0.1) is 11.7 Å². The normalized spacial score (nSPS) is 13.3. The summed E-state index contributed by atoms with van der Waals surface area (Å²) in [7, 11) is 0. The van der Waals surface area contributed by atoms with Crippen molar-refractivity contribution in [2.45, 2.75) is 65.7 Å². The molecule has 1 aromatic heterocycles. The van der Waals surface area contributed by atoms with Gasteiger partial charge in [0.2, 0.25) is 5.91 Å². The van der Waals surface area contributed by atoms with Crippen molar-refractivity contribution >= 4 is 5.91 Å². The number of nitrogens with zero attached hydrogens (tertiary/aromatic N) is 2. The molecule has 5 nitrogen and oxygen atoms in total.